The molecule has 0 unspecified atom stereocenters. The highest BCUT2D eigenvalue weighted by atomic mass is 32.1. The van der Waals surface area contributed by atoms with E-state index in [0.29, 0.717) is 40.2 Å². The Morgan fingerprint density at radius 2 is 1.89 bits per heavy atom. The smallest absolute Gasteiger partial charge is 0.275 e. The largest absolute Gasteiger partial charge is 0.491 e. The molecule has 8 rings (SSSR count). The first kappa shape index (κ1) is 22.2. The summed E-state index contributed by atoms with van der Waals surface area (Å²) in [5.41, 5.74) is 3.40. The van der Waals surface area contributed by atoms with Crippen LogP contribution in [0.4, 0.5) is 0 Å². The van der Waals surface area contributed by atoms with Crippen molar-refractivity contribution in [2.75, 3.05) is 19.7 Å². The highest BCUT2D eigenvalue weighted by molar-refractivity contribution is 7.14. The number of piperidine rings is 1. The molecular formula is C28H30N4O3S. The second kappa shape index (κ2) is 8.85. The lowest BCUT2D eigenvalue weighted by atomic mass is 9.87. The number of ether oxygens (including phenoxy) is 1. The predicted octanol–water partition coefficient (Wildman–Crippen LogP) is 5.08. The van der Waals surface area contributed by atoms with Gasteiger partial charge in [-0.05, 0) is 81.3 Å². The maximum Gasteiger partial charge on any atom is 0.275 e. The van der Waals surface area contributed by atoms with Crippen molar-refractivity contribution >= 4 is 32.7 Å². The summed E-state index contributed by atoms with van der Waals surface area (Å²) in [6.45, 7) is 3.70. The summed E-state index contributed by atoms with van der Waals surface area (Å²) in [4.78, 5) is 37.1. The van der Waals surface area contributed by atoms with Crippen LogP contribution in [-0.4, -0.2) is 38.5 Å². The molecule has 0 atom stereocenters. The first-order valence-corrected chi connectivity index (χ1v) is 14.0. The molecule has 4 aliphatic rings. The third kappa shape index (κ3) is 3.78. The zero-order valence-corrected chi connectivity index (χ0v) is 21.1. The van der Waals surface area contributed by atoms with Crippen LogP contribution in [0.2, 0.25) is 0 Å². The number of nitrogens with zero attached hydrogens (tertiary/aromatic N) is 3. The second-order valence-electron chi connectivity index (χ2n) is 10.6. The van der Waals surface area contributed by atoms with E-state index in [1.807, 2.05) is 22.2 Å². The third-order valence-corrected chi connectivity index (χ3v) is 9.47. The third-order valence-electron chi connectivity index (χ3n) is 8.19. The van der Waals surface area contributed by atoms with Crippen molar-refractivity contribution in [2.45, 2.75) is 57.5 Å². The Morgan fingerprint density at radius 3 is 2.72 bits per heavy atom. The minimum atomic E-state index is -0.239. The van der Waals surface area contributed by atoms with Crippen molar-refractivity contribution in [1.82, 2.24) is 18.8 Å². The number of benzene rings is 2. The zero-order valence-electron chi connectivity index (χ0n) is 20.3. The molecule has 4 aromatic rings. The van der Waals surface area contributed by atoms with Gasteiger partial charge < -0.3 is 9.72 Å². The lowest BCUT2D eigenvalue weighted by molar-refractivity contribution is 0.187. The quantitative estimate of drug-likeness (QED) is 0.414. The number of rotatable bonds is 2. The van der Waals surface area contributed by atoms with E-state index in [1.165, 1.54) is 30.8 Å². The summed E-state index contributed by atoms with van der Waals surface area (Å²) in [6.07, 6.45) is 7.81. The highest BCUT2D eigenvalue weighted by Crippen LogP contribution is 2.38. The summed E-state index contributed by atoms with van der Waals surface area (Å²) < 4.78 is 9.25. The molecule has 1 saturated carbocycles. The van der Waals surface area contributed by atoms with Gasteiger partial charge in [-0.15, -0.1) is 0 Å². The number of aromatic amines is 1. The Morgan fingerprint density at radius 1 is 1.06 bits per heavy atom. The van der Waals surface area contributed by atoms with Crippen molar-refractivity contribution in [2.24, 2.45) is 5.92 Å². The molecule has 2 aromatic heterocycles. The molecule has 7 nitrogen and oxygen atoms in total. The Kier molecular flexibility index (Phi) is 5.47. The Hall–Kier alpha value is -2.97. The fourth-order valence-electron chi connectivity index (χ4n) is 6.22. The van der Waals surface area contributed by atoms with Gasteiger partial charge in [0.15, 0.2) is 0 Å². The monoisotopic (exact) mass is 502 g/mol. The molecule has 5 heterocycles. The summed E-state index contributed by atoms with van der Waals surface area (Å²) in [6, 6.07) is 10.0. The standard InChI is InChI=1S/C28H30N4O3S/c33-27-24-20-5-4-6-21-26(20)36-32(28(21)34)19-9-7-17(8-10-19)16-35-23-14-18(13-22(29-27)25(23)30-24)15-31-11-2-1-3-12-31/h4-6,13-14,17,19H,1-3,7-12,15-16H2,(H,29,33)/t17-,19+. The van der Waals surface area contributed by atoms with Gasteiger partial charge in [0, 0.05) is 18.2 Å². The van der Waals surface area contributed by atoms with Crippen LogP contribution in [0, 0.1) is 5.92 Å². The van der Waals surface area contributed by atoms with Gasteiger partial charge in [-0.25, -0.2) is 4.98 Å². The van der Waals surface area contributed by atoms with Crippen molar-refractivity contribution in [3.8, 4) is 17.0 Å². The molecule has 1 aliphatic carbocycles. The van der Waals surface area contributed by atoms with E-state index < -0.39 is 0 Å². The normalized spacial score (nSPS) is 22.3. The Balaban J connectivity index is 1.43. The van der Waals surface area contributed by atoms with Gasteiger partial charge in [0.1, 0.15) is 17.0 Å². The molecular weight excluding hydrogens is 472 g/mol. The summed E-state index contributed by atoms with van der Waals surface area (Å²) in [5, 5.41) is 0.671. The van der Waals surface area contributed by atoms with Crippen LogP contribution in [0.15, 0.2) is 39.9 Å². The first-order chi connectivity index (χ1) is 17.6. The number of H-pyrrole nitrogens is 1. The molecule has 0 radical (unpaired) electrons. The van der Waals surface area contributed by atoms with Crippen molar-refractivity contribution in [1.29, 1.82) is 0 Å². The molecule has 1 N–H and O–H groups in total. The fraction of sp³-hybridized carbons (Fsp3) is 0.464. The van der Waals surface area contributed by atoms with Crippen LogP contribution in [0.25, 0.3) is 32.4 Å². The molecule has 2 aromatic carbocycles. The van der Waals surface area contributed by atoms with Gasteiger partial charge in [0.25, 0.3) is 11.1 Å². The van der Waals surface area contributed by atoms with E-state index in [0.717, 1.165) is 61.3 Å². The highest BCUT2D eigenvalue weighted by Gasteiger charge is 2.27. The molecule has 0 spiro atoms. The SMILES string of the molecule is O=c1[nH]c2cc(CN3CCCCC3)cc3c2nc1-c1cccc2c(=O)n(sc12)[C@H]1CC[C@H](CC1)CO3. The molecule has 2 fully saturated rings. The second-order valence-corrected chi connectivity index (χ2v) is 11.6. The molecule has 186 valence electrons. The summed E-state index contributed by atoms with van der Waals surface area (Å²) >= 11 is 1.49. The van der Waals surface area contributed by atoms with Crippen LogP contribution in [-0.2, 0) is 6.54 Å². The lowest BCUT2D eigenvalue weighted by Crippen LogP contribution is -2.29. The molecule has 36 heavy (non-hydrogen) atoms. The maximum absolute atomic E-state index is 13.4. The van der Waals surface area contributed by atoms with Gasteiger partial charge in [0.05, 0.1) is 22.2 Å². The van der Waals surface area contributed by atoms with E-state index in [2.05, 4.69) is 22.0 Å². The van der Waals surface area contributed by atoms with Gasteiger partial charge in [-0.2, -0.15) is 0 Å². The fourth-order valence-corrected chi connectivity index (χ4v) is 7.48. The number of likely N-dealkylation sites (tertiary alicyclic amines) is 1. The van der Waals surface area contributed by atoms with Crippen molar-refractivity contribution in [3.05, 3.63) is 56.6 Å². The number of nitrogens with one attached hydrogen (secondary N) is 1. The first-order valence-electron chi connectivity index (χ1n) is 13.2. The topological polar surface area (TPSA) is 80.2 Å². The molecule has 0 amide bonds. The average molecular weight is 503 g/mol. The van der Waals surface area contributed by atoms with E-state index in [9.17, 15) is 9.59 Å². The van der Waals surface area contributed by atoms with Gasteiger partial charge in [-0.1, -0.05) is 30.1 Å². The van der Waals surface area contributed by atoms with E-state index >= 15 is 0 Å². The van der Waals surface area contributed by atoms with Gasteiger partial charge >= 0.3 is 0 Å². The van der Waals surface area contributed by atoms with Crippen LogP contribution >= 0.6 is 11.5 Å². The van der Waals surface area contributed by atoms with Crippen LogP contribution < -0.4 is 15.9 Å². The Bertz CT molecular complexity index is 1570. The van der Waals surface area contributed by atoms with Gasteiger partial charge in [0.2, 0.25) is 0 Å². The number of hydrogen-bond acceptors (Lipinski definition) is 6. The number of fused-ring (bicyclic) bond motifs is 3. The summed E-state index contributed by atoms with van der Waals surface area (Å²) in [7, 11) is 0. The van der Waals surface area contributed by atoms with E-state index in [-0.39, 0.29) is 17.2 Å². The molecule has 1 saturated heterocycles. The van der Waals surface area contributed by atoms with E-state index in [1.54, 1.807) is 0 Å². The molecule has 6 bridgehead atoms. The maximum atomic E-state index is 13.4. The van der Waals surface area contributed by atoms with Crippen LogP contribution in [0.5, 0.6) is 5.75 Å². The molecule has 3 aliphatic heterocycles. The van der Waals surface area contributed by atoms with Crippen molar-refractivity contribution < 1.29 is 4.74 Å². The zero-order chi connectivity index (χ0) is 24.2. The lowest BCUT2D eigenvalue weighted by Gasteiger charge is -2.29. The van der Waals surface area contributed by atoms with Crippen LogP contribution in [0.1, 0.15) is 56.6 Å². The van der Waals surface area contributed by atoms with E-state index in [4.69, 9.17) is 9.72 Å². The number of hydrogen-bond donors (Lipinski definition) is 1. The molecule has 8 heteroatoms. The van der Waals surface area contributed by atoms with Crippen molar-refractivity contribution in [3.63, 3.8) is 0 Å². The summed E-state index contributed by atoms with van der Waals surface area (Å²) in [5.74, 6) is 1.20. The Labute approximate surface area is 212 Å². The predicted molar refractivity (Wildman–Crippen MR) is 143 cm³/mol. The minimum Gasteiger partial charge on any atom is -0.491 e. The average Bonchev–Trinajstić information content (AvgIpc) is 3.24. The van der Waals surface area contributed by atoms with Gasteiger partial charge in [-0.3, -0.25) is 18.4 Å². The number of aromatic nitrogens is 3. The van der Waals surface area contributed by atoms with Crippen LogP contribution in [0.3, 0.4) is 0 Å². The minimum absolute atomic E-state index is 0.0479.